The van der Waals surface area contributed by atoms with Crippen LogP contribution in [0.5, 0.6) is 0 Å². The van der Waals surface area contributed by atoms with Crippen LogP contribution in [0.1, 0.15) is 26.7 Å². The first-order valence-electron chi connectivity index (χ1n) is 3.77. The molecule has 0 aromatic rings. The maximum Gasteiger partial charge on any atom is 0.129 e. The summed E-state index contributed by atoms with van der Waals surface area (Å²) in [5, 5.41) is 0. The summed E-state index contributed by atoms with van der Waals surface area (Å²) in [6.07, 6.45) is 9.29. The zero-order chi connectivity index (χ0) is 10.1. The van der Waals surface area contributed by atoms with Gasteiger partial charge in [-0.2, -0.15) is 0 Å². The summed E-state index contributed by atoms with van der Waals surface area (Å²) in [4.78, 5) is 10.5. The van der Waals surface area contributed by atoms with Crippen molar-refractivity contribution in [2.45, 2.75) is 32.7 Å². The van der Waals surface area contributed by atoms with E-state index >= 15 is 0 Å². The molecule has 2 N–H and O–H groups in total. The lowest BCUT2D eigenvalue weighted by molar-refractivity contribution is -0.117. The molecular formula is C10H17NO. The summed E-state index contributed by atoms with van der Waals surface area (Å²) in [6.45, 7) is 7.15. The van der Waals surface area contributed by atoms with Crippen molar-refractivity contribution < 1.29 is 4.79 Å². The SMILES string of the molecule is C#C.C=C(C)[C@@H](N)CCC(C)=O. The number of nitrogens with two attached hydrogens (primary N) is 1. The lowest BCUT2D eigenvalue weighted by atomic mass is 10.1. The smallest absolute Gasteiger partial charge is 0.129 e. The summed E-state index contributed by atoms with van der Waals surface area (Å²) < 4.78 is 0. The maximum absolute atomic E-state index is 10.5. The Morgan fingerprint density at radius 3 is 2.17 bits per heavy atom. The van der Waals surface area contributed by atoms with E-state index in [1.807, 2.05) is 6.92 Å². The number of rotatable bonds is 4. The molecule has 0 saturated carbocycles. The first-order valence-corrected chi connectivity index (χ1v) is 3.77. The summed E-state index contributed by atoms with van der Waals surface area (Å²) >= 11 is 0. The van der Waals surface area contributed by atoms with Crippen molar-refractivity contribution in [1.82, 2.24) is 0 Å². The Morgan fingerprint density at radius 2 is 1.92 bits per heavy atom. The van der Waals surface area contributed by atoms with E-state index in [0.717, 1.165) is 12.0 Å². The fourth-order valence-electron chi connectivity index (χ4n) is 0.605. The van der Waals surface area contributed by atoms with Gasteiger partial charge in [0.15, 0.2) is 0 Å². The van der Waals surface area contributed by atoms with Crippen LogP contribution in [-0.4, -0.2) is 11.8 Å². The molecule has 68 valence electrons. The van der Waals surface area contributed by atoms with Crippen LogP contribution in [-0.2, 0) is 4.79 Å². The molecule has 0 amide bonds. The standard InChI is InChI=1S/C8H15NO.C2H2/c1-6(2)8(9)5-4-7(3)10;1-2/h8H,1,4-5,9H2,2-3H3;1-2H/t8-;/m0./s1. The Kier molecular flexibility index (Phi) is 9.04. The molecule has 0 aliphatic rings. The minimum atomic E-state index is -0.0103. The van der Waals surface area contributed by atoms with Crippen LogP contribution in [0.2, 0.25) is 0 Å². The van der Waals surface area contributed by atoms with Gasteiger partial charge < -0.3 is 10.5 Å². The highest BCUT2D eigenvalue weighted by Crippen LogP contribution is 2.02. The van der Waals surface area contributed by atoms with Gasteiger partial charge in [0.25, 0.3) is 0 Å². The van der Waals surface area contributed by atoms with E-state index in [2.05, 4.69) is 19.4 Å². The fourth-order valence-corrected chi connectivity index (χ4v) is 0.605. The molecule has 0 aliphatic heterocycles. The van der Waals surface area contributed by atoms with Gasteiger partial charge in [-0.15, -0.1) is 12.8 Å². The van der Waals surface area contributed by atoms with Crippen LogP contribution < -0.4 is 5.73 Å². The van der Waals surface area contributed by atoms with Gasteiger partial charge in [0.2, 0.25) is 0 Å². The number of carbonyl (C=O) groups excluding carboxylic acids is 1. The van der Waals surface area contributed by atoms with Crippen molar-refractivity contribution in [1.29, 1.82) is 0 Å². The van der Waals surface area contributed by atoms with Crippen LogP contribution >= 0.6 is 0 Å². The number of hydrogen-bond donors (Lipinski definition) is 1. The fraction of sp³-hybridized carbons (Fsp3) is 0.500. The Labute approximate surface area is 74.8 Å². The Balaban J connectivity index is 0. The molecule has 0 bridgehead atoms. The number of Topliss-reactive ketones (excluding diaryl/α,β-unsaturated/α-hetero) is 1. The minimum Gasteiger partial charge on any atom is -0.324 e. The van der Waals surface area contributed by atoms with Crippen LogP contribution in [0.4, 0.5) is 0 Å². The van der Waals surface area contributed by atoms with Gasteiger partial charge in [-0.25, -0.2) is 0 Å². The van der Waals surface area contributed by atoms with E-state index in [1.165, 1.54) is 0 Å². The molecule has 0 unspecified atom stereocenters. The van der Waals surface area contributed by atoms with E-state index in [-0.39, 0.29) is 11.8 Å². The van der Waals surface area contributed by atoms with Crippen molar-refractivity contribution in [3.8, 4) is 12.8 Å². The molecule has 0 aromatic heterocycles. The molecular weight excluding hydrogens is 150 g/mol. The van der Waals surface area contributed by atoms with Gasteiger partial charge in [0, 0.05) is 12.5 Å². The molecule has 0 rings (SSSR count). The van der Waals surface area contributed by atoms with E-state index in [4.69, 9.17) is 5.73 Å². The number of hydrogen-bond acceptors (Lipinski definition) is 2. The van der Waals surface area contributed by atoms with Crippen LogP contribution in [0.15, 0.2) is 12.2 Å². The third kappa shape index (κ3) is 8.93. The third-order valence-corrected chi connectivity index (χ3v) is 1.44. The van der Waals surface area contributed by atoms with Gasteiger partial charge >= 0.3 is 0 Å². The average molecular weight is 167 g/mol. The highest BCUT2D eigenvalue weighted by atomic mass is 16.1. The largest absolute Gasteiger partial charge is 0.324 e. The van der Waals surface area contributed by atoms with Crippen LogP contribution in [0.3, 0.4) is 0 Å². The Hall–Kier alpha value is -1.07. The molecule has 0 radical (unpaired) electrons. The first-order chi connectivity index (χ1) is 5.54. The zero-order valence-corrected chi connectivity index (χ0v) is 7.84. The predicted molar refractivity (Wildman–Crippen MR) is 52.6 cm³/mol. The monoisotopic (exact) mass is 167 g/mol. The number of ketones is 1. The minimum absolute atomic E-state index is 0.0103. The van der Waals surface area contributed by atoms with Crippen molar-refractivity contribution in [3.05, 3.63) is 12.2 Å². The average Bonchev–Trinajstić information content (AvgIpc) is 2.03. The normalized spacial score (nSPS) is 10.8. The highest BCUT2D eigenvalue weighted by Gasteiger charge is 2.03. The summed E-state index contributed by atoms with van der Waals surface area (Å²) in [5.41, 5.74) is 6.56. The topological polar surface area (TPSA) is 43.1 Å². The molecule has 0 fully saturated rings. The molecule has 0 saturated heterocycles. The number of carbonyl (C=O) groups is 1. The summed E-state index contributed by atoms with van der Waals surface area (Å²) in [7, 11) is 0. The molecule has 0 spiro atoms. The third-order valence-electron chi connectivity index (χ3n) is 1.44. The van der Waals surface area contributed by atoms with Gasteiger partial charge in [0.05, 0.1) is 0 Å². The van der Waals surface area contributed by atoms with Gasteiger partial charge in [-0.1, -0.05) is 12.2 Å². The predicted octanol–water partition coefficient (Wildman–Crippen LogP) is 1.51. The zero-order valence-electron chi connectivity index (χ0n) is 7.84. The van der Waals surface area contributed by atoms with Crippen LogP contribution in [0.25, 0.3) is 0 Å². The van der Waals surface area contributed by atoms with E-state index in [1.54, 1.807) is 6.92 Å². The molecule has 12 heavy (non-hydrogen) atoms. The summed E-state index contributed by atoms with van der Waals surface area (Å²) in [6, 6.07) is -0.0103. The van der Waals surface area contributed by atoms with E-state index in [0.29, 0.717) is 6.42 Å². The lowest BCUT2D eigenvalue weighted by Crippen LogP contribution is -2.21. The van der Waals surface area contributed by atoms with Crippen molar-refractivity contribution >= 4 is 5.78 Å². The summed E-state index contributed by atoms with van der Waals surface area (Å²) in [5.74, 6) is 0.191. The van der Waals surface area contributed by atoms with E-state index in [9.17, 15) is 4.79 Å². The molecule has 0 heterocycles. The van der Waals surface area contributed by atoms with Gasteiger partial charge in [-0.05, 0) is 20.3 Å². The second-order valence-electron chi connectivity index (χ2n) is 2.69. The molecule has 2 heteroatoms. The second-order valence-corrected chi connectivity index (χ2v) is 2.69. The second kappa shape index (κ2) is 8.03. The van der Waals surface area contributed by atoms with E-state index < -0.39 is 0 Å². The maximum atomic E-state index is 10.5. The van der Waals surface area contributed by atoms with Gasteiger partial charge in [-0.3, -0.25) is 0 Å². The van der Waals surface area contributed by atoms with Crippen LogP contribution in [0, 0.1) is 12.8 Å². The van der Waals surface area contributed by atoms with Crippen molar-refractivity contribution in [2.24, 2.45) is 5.73 Å². The molecule has 2 nitrogen and oxygen atoms in total. The lowest BCUT2D eigenvalue weighted by Gasteiger charge is -2.08. The first kappa shape index (κ1) is 13.5. The molecule has 0 aromatic carbocycles. The van der Waals surface area contributed by atoms with Crippen molar-refractivity contribution in [3.63, 3.8) is 0 Å². The molecule has 1 atom stereocenters. The Bertz CT molecular complexity index is 170. The van der Waals surface area contributed by atoms with Crippen molar-refractivity contribution in [2.75, 3.05) is 0 Å². The quantitative estimate of drug-likeness (QED) is 0.509. The number of terminal acetylenes is 1. The Morgan fingerprint density at radius 1 is 1.50 bits per heavy atom. The highest BCUT2D eigenvalue weighted by molar-refractivity contribution is 5.75. The van der Waals surface area contributed by atoms with Gasteiger partial charge in [0.1, 0.15) is 5.78 Å². The molecule has 0 aliphatic carbocycles.